The molecule has 0 aromatic heterocycles. The molecule has 0 saturated carbocycles. The number of nitrogens with zero attached hydrogens (tertiary/aromatic N) is 1. The van der Waals surface area contributed by atoms with Gasteiger partial charge in [-0.3, -0.25) is 0 Å². The lowest BCUT2D eigenvalue weighted by Crippen LogP contribution is -3.00. The van der Waals surface area contributed by atoms with Gasteiger partial charge in [0.05, 0.1) is 27.2 Å². The average molecular weight is 457 g/mol. The van der Waals surface area contributed by atoms with Gasteiger partial charge in [0.15, 0.2) is 0 Å². The van der Waals surface area contributed by atoms with Crippen LogP contribution in [0.4, 0.5) is 0 Å². The Balaban J connectivity index is 0. The highest BCUT2D eigenvalue weighted by molar-refractivity contribution is 6.60. The van der Waals surface area contributed by atoms with Crippen LogP contribution in [-0.4, -0.2) is 61.8 Å². The van der Waals surface area contributed by atoms with Crippen molar-refractivity contribution < 1.29 is 34.7 Å². The summed E-state index contributed by atoms with van der Waals surface area (Å²) in [6, 6.07) is 0.899. The van der Waals surface area contributed by atoms with Crippen molar-refractivity contribution in [3.63, 3.8) is 0 Å². The molecule has 6 heteroatoms. The van der Waals surface area contributed by atoms with Gasteiger partial charge < -0.3 is 34.7 Å². The van der Waals surface area contributed by atoms with Gasteiger partial charge in [0.25, 0.3) is 0 Å². The van der Waals surface area contributed by atoms with Gasteiger partial charge in [-0.1, -0.05) is 58.3 Å². The Kier molecular flexibility index (Phi) is 19.5. The van der Waals surface area contributed by atoms with Gasteiger partial charge in [-0.15, -0.1) is 0 Å². The van der Waals surface area contributed by atoms with Crippen molar-refractivity contribution in [1.29, 1.82) is 0 Å². The molecule has 0 saturated heterocycles. The summed E-state index contributed by atoms with van der Waals surface area (Å²) in [4.78, 5) is 0. The van der Waals surface area contributed by atoms with Crippen LogP contribution >= 0.6 is 0 Å². The highest BCUT2D eigenvalue weighted by Crippen LogP contribution is 2.17. The summed E-state index contributed by atoms with van der Waals surface area (Å²) >= 11 is 0. The number of hydrogen-bond acceptors (Lipinski definition) is 3. The van der Waals surface area contributed by atoms with E-state index in [1.165, 1.54) is 70.8 Å². The second kappa shape index (κ2) is 17.6. The van der Waals surface area contributed by atoms with Crippen molar-refractivity contribution in [2.45, 2.75) is 83.6 Å². The molecule has 26 heavy (non-hydrogen) atoms. The van der Waals surface area contributed by atoms with Crippen LogP contribution in [-0.2, 0) is 13.3 Å². The second-order valence-corrected chi connectivity index (χ2v) is 11.1. The van der Waals surface area contributed by atoms with Crippen LogP contribution in [0.2, 0.25) is 6.04 Å². The highest BCUT2D eigenvalue weighted by Gasteiger charge is 2.37. The van der Waals surface area contributed by atoms with E-state index < -0.39 is 8.80 Å². The number of rotatable bonds is 18. The minimum absolute atomic E-state index is 0. The summed E-state index contributed by atoms with van der Waals surface area (Å²) in [6.45, 7) is 4.70. The van der Waals surface area contributed by atoms with Gasteiger partial charge >= 0.3 is 8.80 Å². The number of unbranched alkanes of at least 4 members (excludes halogenated alkanes) is 9. The fourth-order valence-corrected chi connectivity index (χ4v) is 5.12. The molecule has 0 aliphatic rings. The Morgan fingerprint density at radius 1 is 0.615 bits per heavy atom. The molecular formula is C20H46BrNO3Si. The zero-order valence-corrected chi connectivity index (χ0v) is 21.0. The average Bonchev–Trinajstić information content (AvgIpc) is 2.60. The molecule has 0 fully saturated rings. The van der Waals surface area contributed by atoms with Crippen molar-refractivity contribution in [3.05, 3.63) is 0 Å². The summed E-state index contributed by atoms with van der Waals surface area (Å²) in [5, 5.41) is 0. The van der Waals surface area contributed by atoms with Crippen LogP contribution in [0.3, 0.4) is 0 Å². The SMILES string of the molecule is CCCCCCCCCCCC[N+](C)(C)CCC[Si](OC)(OC)OC.[Br-]. The smallest absolute Gasteiger partial charge is 0.500 e. The molecule has 0 unspecified atom stereocenters. The standard InChI is InChI=1S/C20H46NO3Si.BrH/c1-7-8-9-10-11-12-13-14-15-16-18-21(2,3)19-17-20-25(22-4,23-5)24-6;/h7-20H2,1-6H3;1H/q+1;/p-1. The van der Waals surface area contributed by atoms with Crippen LogP contribution in [0.15, 0.2) is 0 Å². The zero-order valence-electron chi connectivity index (χ0n) is 18.4. The van der Waals surface area contributed by atoms with E-state index in [2.05, 4.69) is 21.0 Å². The summed E-state index contributed by atoms with van der Waals surface area (Å²) in [5.74, 6) is 0. The first kappa shape index (κ1) is 28.7. The molecule has 0 radical (unpaired) electrons. The maximum atomic E-state index is 5.51. The van der Waals surface area contributed by atoms with Gasteiger partial charge in [-0.05, 0) is 12.8 Å². The van der Waals surface area contributed by atoms with E-state index in [4.69, 9.17) is 13.3 Å². The minimum atomic E-state index is -2.39. The summed E-state index contributed by atoms with van der Waals surface area (Å²) < 4.78 is 17.6. The summed E-state index contributed by atoms with van der Waals surface area (Å²) in [5.41, 5.74) is 0. The largest absolute Gasteiger partial charge is 1.00 e. The molecule has 0 amide bonds. The van der Waals surface area contributed by atoms with E-state index in [-0.39, 0.29) is 17.0 Å². The van der Waals surface area contributed by atoms with E-state index in [9.17, 15) is 0 Å². The minimum Gasteiger partial charge on any atom is -1.00 e. The number of quaternary nitrogens is 1. The van der Waals surface area contributed by atoms with Crippen molar-refractivity contribution in [3.8, 4) is 0 Å². The first-order valence-electron chi connectivity index (χ1n) is 10.4. The second-order valence-electron chi connectivity index (χ2n) is 7.96. The molecule has 0 N–H and O–H groups in total. The quantitative estimate of drug-likeness (QED) is 0.180. The van der Waals surface area contributed by atoms with Crippen LogP contribution in [0, 0.1) is 0 Å². The number of halogens is 1. The Hall–Kier alpha value is 0.537. The Morgan fingerprint density at radius 2 is 1.00 bits per heavy atom. The van der Waals surface area contributed by atoms with E-state index in [0.29, 0.717) is 0 Å². The van der Waals surface area contributed by atoms with Gasteiger partial charge in [0.1, 0.15) is 0 Å². The monoisotopic (exact) mass is 455 g/mol. The third kappa shape index (κ3) is 14.6. The molecule has 0 aromatic carbocycles. The molecule has 0 aliphatic carbocycles. The predicted molar refractivity (Wildman–Crippen MR) is 110 cm³/mol. The molecule has 4 nitrogen and oxygen atoms in total. The first-order valence-corrected chi connectivity index (χ1v) is 12.4. The van der Waals surface area contributed by atoms with Crippen molar-refractivity contribution in [1.82, 2.24) is 0 Å². The van der Waals surface area contributed by atoms with Crippen LogP contribution in [0.1, 0.15) is 77.6 Å². The van der Waals surface area contributed by atoms with Crippen LogP contribution < -0.4 is 17.0 Å². The summed E-state index contributed by atoms with van der Waals surface area (Å²) in [7, 11) is 7.37. The van der Waals surface area contributed by atoms with E-state index in [1.54, 1.807) is 21.3 Å². The van der Waals surface area contributed by atoms with Gasteiger partial charge in [-0.25, -0.2) is 0 Å². The van der Waals surface area contributed by atoms with E-state index in [0.717, 1.165) is 23.5 Å². The number of hydrogen-bond donors (Lipinski definition) is 0. The third-order valence-electron chi connectivity index (χ3n) is 5.30. The molecule has 0 spiro atoms. The molecule has 0 bridgehead atoms. The fourth-order valence-electron chi connectivity index (χ4n) is 3.42. The Bertz CT molecular complexity index is 295. The lowest BCUT2D eigenvalue weighted by atomic mass is 10.1. The molecule has 160 valence electrons. The maximum absolute atomic E-state index is 5.51. The predicted octanol–water partition coefficient (Wildman–Crippen LogP) is 2.26. The normalized spacial score (nSPS) is 12.2. The third-order valence-corrected chi connectivity index (χ3v) is 8.13. The van der Waals surface area contributed by atoms with Crippen LogP contribution in [0.5, 0.6) is 0 Å². The van der Waals surface area contributed by atoms with E-state index >= 15 is 0 Å². The molecule has 0 rings (SSSR count). The summed E-state index contributed by atoms with van der Waals surface area (Å²) in [6.07, 6.45) is 15.1. The van der Waals surface area contributed by atoms with Crippen molar-refractivity contribution >= 4 is 8.80 Å². The highest BCUT2D eigenvalue weighted by atomic mass is 79.9. The lowest BCUT2D eigenvalue weighted by molar-refractivity contribution is -0.890. The Labute approximate surface area is 175 Å². The lowest BCUT2D eigenvalue weighted by Gasteiger charge is -2.31. The first-order chi connectivity index (χ1) is 11.9. The molecule has 0 atom stereocenters. The van der Waals surface area contributed by atoms with E-state index in [1.807, 2.05) is 0 Å². The molecule has 0 aromatic rings. The maximum Gasteiger partial charge on any atom is 0.500 e. The van der Waals surface area contributed by atoms with Gasteiger partial charge in [-0.2, -0.15) is 0 Å². The molecular weight excluding hydrogens is 410 g/mol. The molecule has 0 heterocycles. The van der Waals surface area contributed by atoms with Crippen molar-refractivity contribution in [2.24, 2.45) is 0 Å². The van der Waals surface area contributed by atoms with Gasteiger partial charge in [0.2, 0.25) is 0 Å². The Morgan fingerprint density at radius 3 is 1.42 bits per heavy atom. The topological polar surface area (TPSA) is 27.7 Å². The zero-order chi connectivity index (χ0) is 19.0. The van der Waals surface area contributed by atoms with Gasteiger partial charge in [0, 0.05) is 33.8 Å². The molecule has 0 aliphatic heterocycles. The fraction of sp³-hybridized carbons (Fsp3) is 1.00. The van der Waals surface area contributed by atoms with Crippen LogP contribution in [0.25, 0.3) is 0 Å². The van der Waals surface area contributed by atoms with Crippen molar-refractivity contribution in [2.75, 3.05) is 48.5 Å².